The molecule has 0 radical (unpaired) electrons. The fourth-order valence-corrected chi connectivity index (χ4v) is 2.58. The van der Waals surface area contributed by atoms with Gasteiger partial charge in [0.1, 0.15) is 5.75 Å². The number of benzene rings is 1. The molecule has 1 fully saturated rings. The topological polar surface area (TPSA) is 21.7 Å². The van der Waals surface area contributed by atoms with E-state index in [0.29, 0.717) is 5.92 Å². The Morgan fingerprint density at radius 1 is 1.19 bits per heavy atom. The van der Waals surface area contributed by atoms with Crippen LogP contribution in [0.1, 0.15) is 43.7 Å². The highest BCUT2D eigenvalue weighted by Crippen LogP contribution is 2.24. The van der Waals surface area contributed by atoms with Crippen molar-refractivity contribution in [1.29, 1.82) is 0 Å². The zero-order valence-corrected chi connectivity index (χ0v) is 13.7. The van der Waals surface area contributed by atoms with E-state index in [4.69, 9.17) is 9.47 Å². The van der Waals surface area contributed by atoms with Gasteiger partial charge < -0.3 is 9.47 Å². The van der Waals surface area contributed by atoms with E-state index in [-0.39, 0.29) is 0 Å². The monoisotopic (exact) mass is 291 g/mol. The number of aryl methyl sites for hydroxylation is 1. The molecule has 0 atom stereocenters. The van der Waals surface area contributed by atoms with Gasteiger partial charge in [0, 0.05) is 13.1 Å². The van der Waals surface area contributed by atoms with Crippen LogP contribution in [0.15, 0.2) is 18.2 Å². The Balaban J connectivity index is 1.69. The summed E-state index contributed by atoms with van der Waals surface area (Å²) in [6.07, 6.45) is 2.31. The van der Waals surface area contributed by atoms with Crippen LogP contribution in [-0.4, -0.2) is 44.4 Å². The lowest BCUT2D eigenvalue weighted by atomic mass is 10.0. The van der Waals surface area contributed by atoms with Crippen molar-refractivity contribution in [2.24, 2.45) is 0 Å². The molecule has 0 amide bonds. The molecule has 1 aromatic carbocycles. The molecule has 0 aromatic heterocycles. The largest absolute Gasteiger partial charge is 0.493 e. The maximum Gasteiger partial charge on any atom is 0.122 e. The van der Waals surface area contributed by atoms with Crippen molar-refractivity contribution in [1.82, 2.24) is 4.90 Å². The van der Waals surface area contributed by atoms with E-state index in [1.54, 1.807) is 0 Å². The number of nitrogens with zero attached hydrogens (tertiary/aromatic N) is 1. The number of ether oxygens (including phenoxy) is 2. The number of hydrogen-bond donors (Lipinski definition) is 0. The van der Waals surface area contributed by atoms with Crippen molar-refractivity contribution in [3.63, 3.8) is 0 Å². The maximum atomic E-state index is 5.97. The van der Waals surface area contributed by atoms with E-state index in [1.165, 1.54) is 17.5 Å². The number of unbranched alkanes of at least 4 members (excludes halogenated alkanes) is 1. The summed E-state index contributed by atoms with van der Waals surface area (Å²) in [7, 11) is 0. The van der Waals surface area contributed by atoms with E-state index in [0.717, 1.165) is 51.6 Å². The molecule has 1 aliphatic rings. The fraction of sp³-hybridized carbons (Fsp3) is 0.667. The first-order chi connectivity index (χ1) is 10.2. The summed E-state index contributed by atoms with van der Waals surface area (Å²) in [6, 6.07) is 6.56. The van der Waals surface area contributed by atoms with Gasteiger partial charge in [-0.3, -0.25) is 4.90 Å². The van der Waals surface area contributed by atoms with Crippen molar-refractivity contribution < 1.29 is 9.47 Å². The van der Waals surface area contributed by atoms with Gasteiger partial charge in [0.2, 0.25) is 0 Å². The number of hydrogen-bond acceptors (Lipinski definition) is 3. The SMILES string of the molecule is Cc1ccc(C(C)C)cc1OCCCCN1CCOCC1. The second-order valence-corrected chi connectivity index (χ2v) is 6.19. The third-order valence-corrected chi connectivity index (χ3v) is 4.11. The molecule has 1 saturated heterocycles. The van der Waals surface area contributed by atoms with Gasteiger partial charge in [0.05, 0.1) is 19.8 Å². The Bertz CT molecular complexity index is 425. The molecule has 3 nitrogen and oxygen atoms in total. The Hall–Kier alpha value is -1.06. The smallest absolute Gasteiger partial charge is 0.122 e. The second-order valence-electron chi connectivity index (χ2n) is 6.19. The Kier molecular flexibility index (Phi) is 6.52. The van der Waals surface area contributed by atoms with Crippen molar-refractivity contribution in [3.8, 4) is 5.75 Å². The molecule has 0 unspecified atom stereocenters. The molecule has 3 heteroatoms. The van der Waals surface area contributed by atoms with E-state index in [1.807, 2.05) is 0 Å². The van der Waals surface area contributed by atoms with Crippen LogP contribution >= 0.6 is 0 Å². The lowest BCUT2D eigenvalue weighted by molar-refractivity contribution is 0.0368. The summed E-state index contributed by atoms with van der Waals surface area (Å²) >= 11 is 0. The van der Waals surface area contributed by atoms with Crippen molar-refractivity contribution in [2.45, 2.75) is 39.5 Å². The molecule has 0 spiro atoms. The average molecular weight is 291 g/mol. The van der Waals surface area contributed by atoms with Crippen LogP contribution in [-0.2, 0) is 4.74 Å². The fourth-order valence-electron chi connectivity index (χ4n) is 2.58. The molecule has 0 saturated carbocycles. The predicted molar refractivity (Wildman–Crippen MR) is 87.3 cm³/mol. The molecule has 1 aromatic rings. The molecule has 21 heavy (non-hydrogen) atoms. The maximum absolute atomic E-state index is 5.97. The summed E-state index contributed by atoms with van der Waals surface area (Å²) in [5.41, 5.74) is 2.58. The van der Waals surface area contributed by atoms with Crippen LogP contribution in [0.5, 0.6) is 5.75 Å². The van der Waals surface area contributed by atoms with E-state index >= 15 is 0 Å². The summed E-state index contributed by atoms with van der Waals surface area (Å²) in [5, 5.41) is 0. The third-order valence-electron chi connectivity index (χ3n) is 4.11. The summed E-state index contributed by atoms with van der Waals surface area (Å²) < 4.78 is 11.3. The molecule has 2 rings (SSSR count). The van der Waals surface area contributed by atoms with Crippen LogP contribution < -0.4 is 4.74 Å². The van der Waals surface area contributed by atoms with Crippen LogP contribution in [0.25, 0.3) is 0 Å². The van der Waals surface area contributed by atoms with E-state index < -0.39 is 0 Å². The molecule has 118 valence electrons. The number of rotatable bonds is 7. The van der Waals surface area contributed by atoms with Gasteiger partial charge in [0.15, 0.2) is 0 Å². The zero-order chi connectivity index (χ0) is 15.1. The van der Waals surface area contributed by atoms with Crippen LogP contribution in [0, 0.1) is 6.92 Å². The highest BCUT2D eigenvalue weighted by atomic mass is 16.5. The van der Waals surface area contributed by atoms with Crippen molar-refractivity contribution in [2.75, 3.05) is 39.5 Å². The normalized spacial score (nSPS) is 16.4. The lowest BCUT2D eigenvalue weighted by Gasteiger charge is -2.26. The number of morpholine rings is 1. The molecule has 1 heterocycles. The van der Waals surface area contributed by atoms with Crippen molar-refractivity contribution >= 4 is 0 Å². The van der Waals surface area contributed by atoms with Gasteiger partial charge in [-0.2, -0.15) is 0 Å². The molecule has 0 bridgehead atoms. The highest BCUT2D eigenvalue weighted by molar-refractivity contribution is 5.37. The second kappa shape index (κ2) is 8.40. The van der Waals surface area contributed by atoms with Gasteiger partial charge in [-0.25, -0.2) is 0 Å². The van der Waals surface area contributed by atoms with Gasteiger partial charge >= 0.3 is 0 Å². The summed E-state index contributed by atoms with van der Waals surface area (Å²) in [6.45, 7) is 12.5. The Labute approximate surface area is 129 Å². The van der Waals surface area contributed by atoms with Gasteiger partial charge in [0.25, 0.3) is 0 Å². The van der Waals surface area contributed by atoms with Crippen LogP contribution in [0.4, 0.5) is 0 Å². The van der Waals surface area contributed by atoms with E-state index in [2.05, 4.69) is 43.9 Å². The molecule has 0 aliphatic carbocycles. The predicted octanol–water partition coefficient (Wildman–Crippen LogP) is 3.61. The standard InChI is InChI=1S/C18H29NO2/c1-15(2)17-7-6-16(3)18(14-17)21-11-5-4-8-19-9-12-20-13-10-19/h6-7,14-15H,4-5,8-13H2,1-3H3. The summed E-state index contributed by atoms with van der Waals surface area (Å²) in [5.74, 6) is 1.60. The molecular weight excluding hydrogens is 262 g/mol. The van der Waals surface area contributed by atoms with Gasteiger partial charge in [-0.05, 0) is 49.4 Å². The molecule has 1 aliphatic heterocycles. The highest BCUT2D eigenvalue weighted by Gasteiger charge is 2.09. The van der Waals surface area contributed by atoms with Gasteiger partial charge in [-0.1, -0.05) is 26.0 Å². The van der Waals surface area contributed by atoms with Crippen LogP contribution in [0.2, 0.25) is 0 Å². The molecule has 0 N–H and O–H groups in total. The Morgan fingerprint density at radius 3 is 2.67 bits per heavy atom. The zero-order valence-electron chi connectivity index (χ0n) is 13.7. The minimum atomic E-state index is 0.550. The quantitative estimate of drug-likeness (QED) is 0.716. The first kappa shape index (κ1) is 16.3. The van der Waals surface area contributed by atoms with Crippen molar-refractivity contribution in [3.05, 3.63) is 29.3 Å². The Morgan fingerprint density at radius 2 is 1.95 bits per heavy atom. The summed E-state index contributed by atoms with van der Waals surface area (Å²) in [4.78, 5) is 2.48. The first-order valence-corrected chi connectivity index (χ1v) is 8.20. The van der Waals surface area contributed by atoms with Crippen LogP contribution in [0.3, 0.4) is 0 Å². The minimum Gasteiger partial charge on any atom is -0.493 e. The minimum absolute atomic E-state index is 0.550. The van der Waals surface area contributed by atoms with E-state index in [9.17, 15) is 0 Å². The third kappa shape index (κ3) is 5.33. The van der Waals surface area contributed by atoms with Gasteiger partial charge in [-0.15, -0.1) is 0 Å². The molecular formula is C18H29NO2. The lowest BCUT2D eigenvalue weighted by Crippen LogP contribution is -2.36. The first-order valence-electron chi connectivity index (χ1n) is 8.20. The average Bonchev–Trinajstić information content (AvgIpc) is 2.49.